The number of aliphatic hydroxyl groups excluding tert-OH is 1. The van der Waals surface area contributed by atoms with E-state index in [1.54, 1.807) is 60.5 Å². The van der Waals surface area contributed by atoms with Crippen LogP contribution in [0, 0.1) is 5.92 Å². The number of carbonyl (C=O) groups is 2. The number of nitrogens with one attached hydrogen (secondary N) is 2. The molecule has 0 aliphatic carbocycles. The molecule has 0 unspecified atom stereocenters. The van der Waals surface area contributed by atoms with Crippen molar-refractivity contribution in [3.8, 4) is 11.5 Å². The number of urea groups is 1. The summed E-state index contributed by atoms with van der Waals surface area (Å²) < 4.78 is 18.0. The molecule has 12 heteroatoms. The first kappa shape index (κ1) is 38.3. The molecule has 10 nitrogen and oxygen atoms in total. The van der Waals surface area contributed by atoms with E-state index in [1.165, 1.54) is 0 Å². The summed E-state index contributed by atoms with van der Waals surface area (Å²) in [5.74, 6) is 0.702. The molecule has 3 amide bonds. The summed E-state index contributed by atoms with van der Waals surface area (Å²) in [6.07, 6.45) is 2.17. The molecule has 4 atom stereocenters. The van der Waals surface area contributed by atoms with E-state index in [-0.39, 0.29) is 30.6 Å². The highest BCUT2D eigenvalue weighted by Gasteiger charge is 2.30. The number of fused-ring (bicyclic) bond motifs is 1. The first-order valence-corrected chi connectivity index (χ1v) is 17.4. The van der Waals surface area contributed by atoms with Crippen LogP contribution in [0.25, 0.3) is 0 Å². The second-order valence-electron chi connectivity index (χ2n) is 12.8. The lowest BCUT2D eigenvalue weighted by Crippen LogP contribution is -2.47. The first-order valence-electron chi connectivity index (χ1n) is 16.7. The third-order valence-electron chi connectivity index (χ3n) is 8.59. The summed E-state index contributed by atoms with van der Waals surface area (Å²) in [4.78, 5) is 31.1. The number of halogens is 2. The maximum Gasteiger partial charge on any atom is 0.323 e. The number of anilines is 2. The van der Waals surface area contributed by atoms with Crippen molar-refractivity contribution in [2.45, 2.75) is 64.8 Å². The zero-order valence-corrected chi connectivity index (χ0v) is 30.4. The lowest BCUT2D eigenvalue weighted by atomic mass is 10.0. The van der Waals surface area contributed by atoms with Gasteiger partial charge in [-0.25, -0.2) is 4.79 Å². The third-order valence-corrected chi connectivity index (χ3v) is 9.32. The summed E-state index contributed by atoms with van der Waals surface area (Å²) in [5.41, 5.74) is 2.34. The molecule has 1 heterocycles. The molecule has 3 aromatic carbocycles. The Bertz CT molecular complexity index is 1540. The fourth-order valence-corrected chi connectivity index (χ4v) is 6.07. The monoisotopic (exact) mass is 714 g/mol. The van der Waals surface area contributed by atoms with Crippen LogP contribution in [-0.2, 0) is 11.3 Å². The van der Waals surface area contributed by atoms with Crippen molar-refractivity contribution in [3.05, 3.63) is 81.8 Å². The van der Waals surface area contributed by atoms with Gasteiger partial charge in [-0.3, -0.25) is 9.69 Å². The number of hydrogen-bond acceptors (Lipinski definition) is 7. The van der Waals surface area contributed by atoms with Crippen LogP contribution in [0.5, 0.6) is 11.5 Å². The van der Waals surface area contributed by atoms with Gasteiger partial charge in [-0.1, -0.05) is 36.2 Å². The minimum Gasteiger partial charge on any atom is -0.497 e. The van der Waals surface area contributed by atoms with E-state index in [2.05, 4.69) is 22.5 Å². The van der Waals surface area contributed by atoms with Gasteiger partial charge in [0.1, 0.15) is 11.5 Å². The van der Waals surface area contributed by atoms with E-state index in [4.69, 9.17) is 37.4 Å². The lowest BCUT2D eigenvalue weighted by molar-refractivity contribution is -0.0177. The number of amides is 3. The molecule has 266 valence electrons. The van der Waals surface area contributed by atoms with E-state index >= 15 is 0 Å². The van der Waals surface area contributed by atoms with Crippen LogP contribution in [0.1, 0.15) is 56.0 Å². The molecule has 0 saturated heterocycles. The standard InChI is InChI=1S/C37H48Cl2N4O6/c1-24-20-43(25(2)23-44)36(45)31-19-29(41-37(46)40-28-10-13-30(47-5)14-11-28)12-16-34(31)49-26(3)8-6-7-17-48-35(24)22-42(4)21-27-9-15-32(38)33(39)18-27/h9-16,18-19,24-26,35,44H,6-8,17,20-23H2,1-5H3,(H2,40,41,46)/t24-,25+,26+,35-/m0/s1. The van der Waals surface area contributed by atoms with Crippen LogP contribution in [0.4, 0.5) is 16.2 Å². The van der Waals surface area contributed by atoms with Crippen molar-refractivity contribution in [2.75, 3.05) is 51.1 Å². The molecule has 49 heavy (non-hydrogen) atoms. The normalized spacial score (nSPS) is 19.7. The molecule has 1 aliphatic heterocycles. The van der Waals surface area contributed by atoms with Gasteiger partial charge in [-0.05, 0) is 100 Å². The van der Waals surface area contributed by atoms with Crippen LogP contribution in [0.15, 0.2) is 60.7 Å². The number of aliphatic hydroxyl groups is 1. The molecule has 0 aromatic heterocycles. The smallest absolute Gasteiger partial charge is 0.323 e. The van der Waals surface area contributed by atoms with Gasteiger partial charge >= 0.3 is 6.03 Å². The van der Waals surface area contributed by atoms with Crippen molar-refractivity contribution < 1.29 is 28.9 Å². The molecule has 0 radical (unpaired) electrons. The zero-order chi connectivity index (χ0) is 35.5. The zero-order valence-electron chi connectivity index (χ0n) is 28.9. The Labute approximate surface area is 299 Å². The Hall–Kier alpha value is -3.54. The summed E-state index contributed by atoms with van der Waals surface area (Å²) in [7, 11) is 3.60. The Morgan fingerprint density at radius 3 is 2.45 bits per heavy atom. The van der Waals surface area contributed by atoms with E-state index in [1.807, 2.05) is 33.0 Å². The predicted octanol–water partition coefficient (Wildman–Crippen LogP) is 7.57. The highest BCUT2D eigenvalue weighted by molar-refractivity contribution is 6.42. The summed E-state index contributed by atoms with van der Waals surface area (Å²) in [5, 5.41) is 16.9. The summed E-state index contributed by atoms with van der Waals surface area (Å²) in [6, 6.07) is 16.7. The number of methoxy groups -OCH3 is 1. The van der Waals surface area contributed by atoms with Crippen molar-refractivity contribution in [3.63, 3.8) is 0 Å². The van der Waals surface area contributed by atoms with Crippen LogP contribution in [0.3, 0.4) is 0 Å². The van der Waals surface area contributed by atoms with Gasteiger partial charge in [-0.2, -0.15) is 0 Å². The maximum absolute atomic E-state index is 14.4. The molecule has 3 N–H and O–H groups in total. The number of ether oxygens (including phenoxy) is 3. The number of nitrogens with zero attached hydrogens (tertiary/aromatic N) is 2. The van der Waals surface area contributed by atoms with Gasteiger partial charge in [0, 0.05) is 43.5 Å². The minimum absolute atomic E-state index is 0.0861. The molecule has 0 bridgehead atoms. The van der Waals surface area contributed by atoms with Gasteiger partial charge in [0.2, 0.25) is 0 Å². The van der Waals surface area contributed by atoms with Crippen molar-refractivity contribution in [1.82, 2.24) is 9.80 Å². The molecule has 3 aromatic rings. The molecule has 1 aliphatic rings. The molecular formula is C37H48Cl2N4O6. The Morgan fingerprint density at radius 2 is 1.76 bits per heavy atom. The Morgan fingerprint density at radius 1 is 1.04 bits per heavy atom. The van der Waals surface area contributed by atoms with Crippen molar-refractivity contribution in [2.24, 2.45) is 5.92 Å². The van der Waals surface area contributed by atoms with Crippen LogP contribution >= 0.6 is 23.2 Å². The number of hydrogen-bond donors (Lipinski definition) is 3. The van der Waals surface area contributed by atoms with E-state index in [9.17, 15) is 14.7 Å². The summed E-state index contributed by atoms with van der Waals surface area (Å²) >= 11 is 12.4. The van der Waals surface area contributed by atoms with E-state index < -0.39 is 12.1 Å². The second-order valence-corrected chi connectivity index (χ2v) is 13.6. The third kappa shape index (κ3) is 11.2. The average Bonchev–Trinajstić information content (AvgIpc) is 3.08. The van der Waals surface area contributed by atoms with Crippen LogP contribution < -0.4 is 20.1 Å². The maximum atomic E-state index is 14.4. The van der Waals surface area contributed by atoms with Crippen LogP contribution in [0.2, 0.25) is 10.0 Å². The number of carbonyl (C=O) groups excluding carboxylic acids is 2. The number of likely N-dealkylation sites (N-methyl/N-ethyl adjacent to an activating group) is 1. The van der Waals surface area contributed by atoms with Gasteiger partial charge < -0.3 is 34.9 Å². The van der Waals surface area contributed by atoms with Gasteiger partial charge in [0.15, 0.2) is 0 Å². The summed E-state index contributed by atoms with van der Waals surface area (Å²) in [6.45, 7) is 7.80. The Kier molecular flexibility index (Phi) is 14.4. The second kappa shape index (κ2) is 18.5. The van der Waals surface area contributed by atoms with Crippen molar-refractivity contribution >= 4 is 46.5 Å². The topological polar surface area (TPSA) is 113 Å². The first-order chi connectivity index (χ1) is 23.5. The highest BCUT2D eigenvalue weighted by atomic mass is 35.5. The molecule has 0 fully saturated rings. The number of rotatable bonds is 9. The average molecular weight is 716 g/mol. The molecular weight excluding hydrogens is 667 g/mol. The molecule has 0 spiro atoms. The predicted molar refractivity (Wildman–Crippen MR) is 195 cm³/mol. The van der Waals surface area contributed by atoms with Gasteiger partial charge in [0.05, 0.1) is 47.6 Å². The quantitative estimate of drug-likeness (QED) is 0.210. The van der Waals surface area contributed by atoms with Gasteiger partial charge in [-0.15, -0.1) is 0 Å². The fraction of sp³-hybridized carbons (Fsp3) is 0.459. The molecule has 0 saturated carbocycles. The van der Waals surface area contributed by atoms with Gasteiger partial charge in [0.25, 0.3) is 5.91 Å². The SMILES string of the molecule is COc1ccc(NC(=O)Nc2ccc3c(c2)C(=O)N([C@H](C)CO)C[C@H](C)[C@H](CN(C)Cc2ccc(Cl)c(Cl)c2)OCCCC[C@@H](C)O3)cc1. The highest BCUT2D eigenvalue weighted by Crippen LogP contribution is 2.29. The Balaban J connectivity index is 1.57. The largest absolute Gasteiger partial charge is 0.497 e. The minimum atomic E-state index is -0.488. The van der Waals surface area contributed by atoms with E-state index in [0.29, 0.717) is 64.7 Å². The van der Waals surface area contributed by atoms with E-state index in [0.717, 1.165) is 24.8 Å². The molecule has 4 rings (SSSR count). The number of benzene rings is 3. The van der Waals surface area contributed by atoms with Crippen LogP contribution in [-0.4, -0.2) is 85.6 Å². The lowest BCUT2D eigenvalue weighted by Gasteiger charge is -2.36. The fourth-order valence-electron chi connectivity index (χ4n) is 5.75. The van der Waals surface area contributed by atoms with Crippen molar-refractivity contribution in [1.29, 1.82) is 0 Å².